The average Bonchev–Trinajstić information content (AvgIpc) is 2.60. The Balaban J connectivity index is 2.38. The number of hydrogen-bond acceptors (Lipinski definition) is 5. The molecule has 1 aromatic heterocycles. The maximum atomic E-state index is 11.5. The number of aryl methyl sites for hydroxylation is 1. The van der Waals surface area contributed by atoms with Gasteiger partial charge in [-0.15, -0.1) is 10.2 Å². The van der Waals surface area contributed by atoms with E-state index in [-0.39, 0.29) is 11.8 Å². The fourth-order valence-corrected chi connectivity index (χ4v) is 1.84. The summed E-state index contributed by atoms with van der Waals surface area (Å²) in [5.41, 5.74) is 0.433. The summed E-state index contributed by atoms with van der Waals surface area (Å²) < 4.78 is 0. The minimum atomic E-state index is -0.344. The monoisotopic (exact) mass is 209 g/mol. The van der Waals surface area contributed by atoms with Crippen LogP contribution >= 0.6 is 11.3 Å². The van der Waals surface area contributed by atoms with Gasteiger partial charge in [0.05, 0.1) is 0 Å². The van der Waals surface area contributed by atoms with Crippen LogP contribution < -0.4 is 4.90 Å². The lowest BCUT2D eigenvalue weighted by atomic mass is 10.3. The molecule has 6 heteroatoms. The molecule has 0 radical (unpaired) electrons. The largest absolute Gasteiger partial charge is 0.269 e. The molecular weight excluding hydrogens is 202 g/mol. The van der Waals surface area contributed by atoms with E-state index in [1.807, 2.05) is 0 Å². The molecule has 0 bridgehead atoms. The van der Waals surface area contributed by atoms with E-state index in [9.17, 15) is 9.59 Å². The first-order valence-electron chi connectivity index (χ1n) is 3.96. The molecule has 0 saturated heterocycles. The molecule has 0 aromatic carbocycles. The topological polar surface area (TPSA) is 63.2 Å². The second kappa shape index (κ2) is 2.98. The van der Waals surface area contributed by atoms with Crippen LogP contribution in [0.25, 0.3) is 0 Å². The highest BCUT2D eigenvalue weighted by Crippen LogP contribution is 2.24. The average molecular weight is 209 g/mol. The summed E-state index contributed by atoms with van der Waals surface area (Å²) in [6.07, 6.45) is 1.30. The second-order valence-electron chi connectivity index (χ2n) is 2.91. The van der Waals surface area contributed by atoms with Crippen LogP contribution in [0.2, 0.25) is 0 Å². The second-order valence-corrected chi connectivity index (χ2v) is 4.07. The van der Waals surface area contributed by atoms with Crippen molar-refractivity contribution in [1.29, 1.82) is 0 Å². The van der Waals surface area contributed by atoms with Crippen molar-refractivity contribution in [1.82, 2.24) is 10.2 Å². The Morgan fingerprint density at radius 1 is 1.29 bits per heavy atom. The number of carbonyl (C=O) groups is 2. The van der Waals surface area contributed by atoms with Crippen LogP contribution in [0.1, 0.15) is 11.9 Å². The van der Waals surface area contributed by atoms with E-state index >= 15 is 0 Å². The molecule has 0 spiro atoms. The quantitative estimate of drug-likeness (QED) is 0.637. The van der Waals surface area contributed by atoms with E-state index in [4.69, 9.17) is 0 Å². The number of hydrogen-bond donors (Lipinski definition) is 0. The van der Waals surface area contributed by atoms with Crippen LogP contribution in [0.4, 0.5) is 5.13 Å². The van der Waals surface area contributed by atoms with Gasteiger partial charge in [0.2, 0.25) is 5.13 Å². The Kier molecular flexibility index (Phi) is 1.92. The van der Waals surface area contributed by atoms with Gasteiger partial charge in [0.15, 0.2) is 0 Å². The molecule has 1 aromatic rings. The third-order valence-electron chi connectivity index (χ3n) is 1.81. The molecule has 0 atom stereocenters. The molecule has 2 amide bonds. The minimum Gasteiger partial charge on any atom is -0.269 e. The van der Waals surface area contributed by atoms with Crippen molar-refractivity contribution < 1.29 is 9.59 Å². The molecule has 2 heterocycles. The van der Waals surface area contributed by atoms with Crippen molar-refractivity contribution >= 4 is 28.3 Å². The maximum Gasteiger partial charge on any atom is 0.263 e. The Hall–Kier alpha value is -1.56. The first-order chi connectivity index (χ1) is 6.59. The zero-order valence-corrected chi connectivity index (χ0v) is 8.46. The summed E-state index contributed by atoms with van der Waals surface area (Å²) in [5, 5.41) is 8.57. The Morgan fingerprint density at radius 2 is 2.00 bits per heavy atom. The number of amides is 2. The molecule has 5 nitrogen and oxygen atoms in total. The highest BCUT2D eigenvalue weighted by Gasteiger charge is 2.32. The summed E-state index contributed by atoms with van der Waals surface area (Å²) in [6, 6.07) is 0. The van der Waals surface area contributed by atoms with Crippen molar-refractivity contribution in [3.63, 3.8) is 0 Å². The van der Waals surface area contributed by atoms with E-state index in [0.29, 0.717) is 10.7 Å². The first kappa shape index (κ1) is 9.01. The molecule has 14 heavy (non-hydrogen) atoms. The van der Waals surface area contributed by atoms with E-state index in [1.54, 1.807) is 13.8 Å². The maximum absolute atomic E-state index is 11.5. The standard InChI is InChI=1S/C8H7N3O2S/c1-4-3-6(12)11(7(4)13)8-10-9-5(2)14-8/h3H,1-2H3. The first-order valence-corrected chi connectivity index (χ1v) is 4.78. The third-order valence-corrected chi connectivity index (χ3v) is 2.63. The molecule has 0 fully saturated rings. The van der Waals surface area contributed by atoms with Crippen LogP contribution in [-0.2, 0) is 9.59 Å². The molecule has 72 valence electrons. The summed E-state index contributed by atoms with van der Waals surface area (Å²) in [7, 11) is 0. The molecule has 2 rings (SSSR count). The lowest BCUT2D eigenvalue weighted by Crippen LogP contribution is -2.30. The van der Waals surface area contributed by atoms with Crippen LogP contribution in [-0.4, -0.2) is 22.0 Å². The lowest BCUT2D eigenvalue weighted by Gasteiger charge is -2.08. The fourth-order valence-electron chi connectivity index (χ4n) is 1.15. The van der Waals surface area contributed by atoms with Gasteiger partial charge in [0, 0.05) is 11.6 Å². The highest BCUT2D eigenvalue weighted by atomic mass is 32.1. The summed E-state index contributed by atoms with van der Waals surface area (Å²) in [6.45, 7) is 3.38. The number of nitrogens with zero attached hydrogens (tertiary/aromatic N) is 3. The number of aromatic nitrogens is 2. The van der Waals surface area contributed by atoms with Crippen molar-refractivity contribution in [2.24, 2.45) is 0 Å². The summed E-state index contributed by atoms with van der Waals surface area (Å²) in [5.74, 6) is -0.658. The van der Waals surface area contributed by atoms with Gasteiger partial charge in [-0.25, -0.2) is 4.90 Å². The molecule has 1 aliphatic rings. The van der Waals surface area contributed by atoms with Crippen molar-refractivity contribution in [2.75, 3.05) is 4.90 Å². The lowest BCUT2D eigenvalue weighted by molar-refractivity contribution is -0.120. The van der Waals surface area contributed by atoms with Crippen molar-refractivity contribution in [3.05, 3.63) is 16.7 Å². The van der Waals surface area contributed by atoms with Crippen LogP contribution in [0.3, 0.4) is 0 Å². The fraction of sp³-hybridized carbons (Fsp3) is 0.250. The van der Waals surface area contributed by atoms with Gasteiger partial charge in [-0.3, -0.25) is 9.59 Å². The smallest absolute Gasteiger partial charge is 0.263 e. The van der Waals surface area contributed by atoms with Crippen molar-refractivity contribution in [2.45, 2.75) is 13.8 Å². The van der Waals surface area contributed by atoms with E-state index in [1.165, 1.54) is 17.4 Å². The van der Waals surface area contributed by atoms with Gasteiger partial charge in [-0.1, -0.05) is 11.3 Å². The Labute approximate surface area is 84.1 Å². The van der Waals surface area contributed by atoms with E-state index < -0.39 is 0 Å². The van der Waals surface area contributed by atoms with Gasteiger partial charge < -0.3 is 0 Å². The van der Waals surface area contributed by atoms with E-state index in [2.05, 4.69) is 10.2 Å². The molecule has 1 aliphatic heterocycles. The molecule has 0 unspecified atom stereocenters. The molecule has 0 saturated carbocycles. The number of imide groups is 1. The molecular formula is C8H7N3O2S. The summed E-state index contributed by atoms with van der Waals surface area (Å²) in [4.78, 5) is 23.9. The SMILES string of the molecule is CC1=CC(=O)N(c2nnc(C)s2)C1=O. The zero-order chi connectivity index (χ0) is 10.3. The predicted octanol–water partition coefficient (Wildman–Crippen LogP) is 0.666. The number of rotatable bonds is 1. The van der Waals surface area contributed by atoms with Gasteiger partial charge in [0.1, 0.15) is 5.01 Å². The van der Waals surface area contributed by atoms with Gasteiger partial charge in [-0.2, -0.15) is 0 Å². The van der Waals surface area contributed by atoms with Crippen molar-refractivity contribution in [3.8, 4) is 0 Å². The summed E-state index contributed by atoms with van der Waals surface area (Å²) >= 11 is 1.22. The van der Waals surface area contributed by atoms with Crippen LogP contribution in [0.5, 0.6) is 0 Å². The van der Waals surface area contributed by atoms with Gasteiger partial charge >= 0.3 is 0 Å². The highest BCUT2D eigenvalue weighted by molar-refractivity contribution is 7.15. The zero-order valence-electron chi connectivity index (χ0n) is 7.64. The number of anilines is 1. The predicted molar refractivity (Wildman–Crippen MR) is 50.9 cm³/mol. The Morgan fingerprint density at radius 3 is 2.43 bits per heavy atom. The molecule has 0 aliphatic carbocycles. The number of carbonyl (C=O) groups excluding carboxylic acids is 2. The Bertz CT molecular complexity index is 449. The minimum absolute atomic E-state index is 0.314. The van der Waals surface area contributed by atoms with Crippen LogP contribution in [0.15, 0.2) is 11.6 Å². The van der Waals surface area contributed by atoms with Gasteiger partial charge in [0.25, 0.3) is 11.8 Å². The van der Waals surface area contributed by atoms with Crippen LogP contribution in [0, 0.1) is 6.92 Å². The van der Waals surface area contributed by atoms with Gasteiger partial charge in [-0.05, 0) is 13.8 Å². The molecule has 0 N–H and O–H groups in total. The third kappa shape index (κ3) is 1.24. The normalized spacial score (nSPS) is 16.4. The van der Waals surface area contributed by atoms with E-state index in [0.717, 1.165) is 9.91 Å².